The summed E-state index contributed by atoms with van der Waals surface area (Å²) in [6.07, 6.45) is 1.57. The van der Waals surface area contributed by atoms with Crippen LogP contribution in [0, 0.1) is 5.82 Å². The van der Waals surface area contributed by atoms with Gasteiger partial charge in [0.1, 0.15) is 5.82 Å². The number of carbonyl (C=O) groups excluding carboxylic acids is 1. The summed E-state index contributed by atoms with van der Waals surface area (Å²) in [5, 5.41) is 2.91. The number of rotatable bonds is 4. The highest BCUT2D eigenvalue weighted by Crippen LogP contribution is 2.20. The van der Waals surface area contributed by atoms with Crippen LogP contribution in [0.2, 0.25) is 5.02 Å². The van der Waals surface area contributed by atoms with Gasteiger partial charge in [0.05, 0.1) is 6.54 Å². The molecule has 5 heteroatoms. The standard InChI is InChI=1S/C12H14ClFN2O/c1-3-7-15-12(17)16(2)8-9-10(13)5-4-6-11(9)14/h3-6H,1,7-8H2,2H3,(H,15,17). The Hall–Kier alpha value is -1.55. The normalized spacial score (nSPS) is 9.82. The molecule has 1 aromatic carbocycles. The van der Waals surface area contributed by atoms with Gasteiger partial charge in [0.15, 0.2) is 0 Å². The SMILES string of the molecule is C=CCNC(=O)N(C)Cc1c(F)cccc1Cl. The van der Waals surface area contributed by atoms with Crippen molar-refractivity contribution in [2.75, 3.05) is 13.6 Å². The quantitative estimate of drug-likeness (QED) is 0.826. The second-order valence-corrected chi connectivity index (χ2v) is 3.94. The first-order chi connectivity index (χ1) is 8.06. The van der Waals surface area contributed by atoms with E-state index in [4.69, 9.17) is 11.6 Å². The zero-order valence-corrected chi connectivity index (χ0v) is 10.3. The molecule has 0 aliphatic carbocycles. The van der Waals surface area contributed by atoms with Gasteiger partial charge in [-0.2, -0.15) is 0 Å². The molecule has 0 fully saturated rings. The molecule has 0 atom stereocenters. The molecular weight excluding hydrogens is 243 g/mol. The fourth-order valence-corrected chi connectivity index (χ4v) is 1.51. The van der Waals surface area contributed by atoms with E-state index in [0.717, 1.165) is 0 Å². The maximum absolute atomic E-state index is 13.5. The summed E-state index contributed by atoms with van der Waals surface area (Å²) in [6.45, 7) is 3.98. The predicted octanol–water partition coefficient (Wildman–Crippen LogP) is 2.81. The second kappa shape index (κ2) is 6.25. The number of urea groups is 1. The summed E-state index contributed by atoms with van der Waals surface area (Å²) in [5.41, 5.74) is 0.311. The molecular formula is C12H14ClFN2O. The van der Waals surface area contributed by atoms with Gasteiger partial charge in [-0.05, 0) is 12.1 Å². The van der Waals surface area contributed by atoms with E-state index in [1.807, 2.05) is 0 Å². The van der Waals surface area contributed by atoms with Gasteiger partial charge < -0.3 is 10.2 Å². The highest BCUT2D eigenvalue weighted by Gasteiger charge is 2.13. The molecule has 0 aliphatic rings. The Kier molecular flexibility index (Phi) is 4.97. The van der Waals surface area contributed by atoms with Crippen molar-refractivity contribution in [2.24, 2.45) is 0 Å². The van der Waals surface area contributed by atoms with Crippen LogP contribution >= 0.6 is 11.6 Å². The lowest BCUT2D eigenvalue weighted by Crippen LogP contribution is -2.37. The monoisotopic (exact) mass is 256 g/mol. The van der Waals surface area contributed by atoms with Crippen LogP contribution in [-0.2, 0) is 6.54 Å². The van der Waals surface area contributed by atoms with Crippen LogP contribution in [0.1, 0.15) is 5.56 Å². The molecule has 2 amide bonds. The number of nitrogens with one attached hydrogen (secondary N) is 1. The Bertz CT molecular complexity index is 403. The van der Waals surface area contributed by atoms with Crippen molar-refractivity contribution in [1.82, 2.24) is 10.2 Å². The van der Waals surface area contributed by atoms with Gasteiger partial charge in [-0.1, -0.05) is 23.7 Å². The van der Waals surface area contributed by atoms with Gasteiger partial charge >= 0.3 is 6.03 Å². The molecule has 0 unspecified atom stereocenters. The van der Waals surface area contributed by atoms with Gasteiger partial charge in [-0.15, -0.1) is 6.58 Å². The van der Waals surface area contributed by atoms with E-state index < -0.39 is 5.82 Å². The Labute approximate surface area is 105 Å². The maximum Gasteiger partial charge on any atom is 0.317 e. The molecule has 0 heterocycles. The highest BCUT2D eigenvalue weighted by molar-refractivity contribution is 6.31. The lowest BCUT2D eigenvalue weighted by Gasteiger charge is -2.18. The van der Waals surface area contributed by atoms with Crippen LogP contribution in [0.25, 0.3) is 0 Å². The van der Waals surface area contributed by atoms with E-state index in [-0.39, 0.29) is 12.6 Å². The van der Waals surface area contributed by atoms with Crippen molar-refractivity contribution in [2.45, 2.75) is 6.54 Å². The third-order valence-electron chi connectivity index (χ3n) is 2.20. The molecule has 0 saturated heterocycles. The van der Waals surface area contributed by atoms with Crippen molar-refractivity contribution in [1.29, 1.82) is 0 Å². The first kappa shape index (κ1) is 13.5. The fraction of sp³-hybridized carbons (Fsp3) is 0.250. The number of carbonyl (C=O) groups is 1. The average molecular weight is 257 g/mol. The number of nitrogens with zero attached hydrogens (tertiary/aromatic N) is 1. The van der Waals surface area contributed by atoms with Gasteiger partial charge in [-0.25, -0.2) is 9.18 Å². The van der Waals surface area contributed by atoms with E-state index in [9.17, 15) is 9.18 Å². The molecule has 0 radical (unpaired) electrons. The first-order valence-corrected chi connectivity index (χ1v) is 5.46. The third kappa shape index (κ3) is 3.75. The molecule has 17 heavy (non-hydrogen) atoms. The zero-order chi connectivity index (χ0) is 12.8. The zero-order valence-electron chi connectivity index (χ0n) is 9.54. The minimum Gasteiger partial charge on any atom is -0.335 e. The number of halogens is 2. The number of benzene rings is 1. The van der Waals surface area contributed by atoms with E-state index in [1.54, 1.807) is 19.2 Å². The van der Waals surface area contributed by atoms with Crippen LogP contribution in [0.5, 0.6) is 0 Å². The summed E-state index contributed by atoms with van der Waals surface area (Å²) in [6, 6.07) is 4.13. The molecule has 0 aromatic heterocycles. The summed E-state index contributed by atoms with van der Waals surface area (Å²) < 4.78 is 13.5. The van der Waals surface area contributed by atoms with E-state index >= 15 is 0 Å². The summed E-state index contributed by atoms with van der Waals surface area (Å²) in [4.78, 5) is 12.9. The van der Waals surface area contributed by atoms with E-state index in [0.29, 0.717) is 17.1 Å². The molecule has 1 rings (SSSR count). The molecule has 3 nitrogen and oxygen atoms in total. The van der Waals surface area contributed by atoms with E-state index in [1.165, 1.54) is 17.0 Å². The largest absolute Gasteiger partial charge is 0.335 e. The second-order valence-electron chi connectivity index (χ2n) is 3.53. The maximum atomic E-state index is 13.5. The lowest BCUT2D eigenvalue weighted by molar-refractivity contribution is 0.207. The molecule has 0 bridgehead atoms. The smallest absolute Gasteiger partial charge is 0.317 e. The Morgan fingerprint density at radius 1 is 1.65 bits per heavy atom. The van der Waals surface area contributed by atoms with Crippen molar-refractivity contribution in [3.63, 3.8) is 0 Å². The molecule has 0 aliphatic heterocycles. The molecule has 0 saturated carbocycles. The Morgan fingerprint density at radius 3 is 2.94 bits per heavy atom. The van der Waals surface area contributed by atoms with Crippen molar-refractivity contribution in [3.8, 4) is 0 Å². The van der Waals surface area contributed by atoms with Crippen LogP contribution in [0.15, 0.2) is 30.9 Å². The Balaban J connectivity index is 2.70. The van der Waals surface area contributed by atoms with Crippen LogP contribution in [0.3, 0.4) is 0 Å². The van der Waals surface area contributed by atoms with Gasteiger partial charge in [-0.3, -0.25) is 0 Å². The minimum atomic E-state index is -0.416. The summed E-state index contributed by atoms with van der Waals surface area (Å²) in [7, 11) is 1.57. The van der Waals surface area contributed by atoms with Crippen molar-refractivity contribution in [3.05, 3.63) is 47.3 Å². The minimum absolute atomic E-state index is 0.120. The van der Waals surface area contributed by atoms with Gasteiger partial charge in [0.2, 0.25) is 0 Å². The topological polar surface area (TPSA) is 32.3 Å². The van der Waals surface area contributed by atoms with Gasteiger partial charge in [0, 0.05) is 24.2 Å². The highest BCUT2D eigenvalue weighted by atomic mass is 35.5. The van der Waals surface area contributed by atoms with E-state index in [2.05, 4.69) is 11.9 Å². The summed E-state index contributed by atoms with van der Waals surface area (Å²) in [5.74, 6) is -0.416. The predicted molar refractivity (Wildman–Crippen MR) is 66.5 cm³/mol. The molecule has 1 N–H and O–H groups in total. The lowest BCUT2D eigenvalue weighted by atomic mass is 10.2. The average Bonchev–Trinajstić information content (AvgIpc) is 2.30. The fourth-order valence-electron chi connectivity index (χ4n) is 1.29. The number of hydrogen-bond donors (Lipinski definition) is 1. The third-order valence-corrected chi connectivity index (χ3v) is 2.56. The number of amides is 2. The van der Waals surface area contributed by atoms with Gasteiger partial charge in [0.25, 0.3) is 0 Å². The Morgan fingerprint density at radius 2 is 2.35 bits per heavy atom. The van der Waals surface area contributed by atoms with Crippen molar-refractivity contribution < 1.29 is 9.18 Å². The number of hydrogen-bond acceptors (Lipinski definition) is 1. The molecule has 0 spiro atoms. The summed E-state index contributed by atoms with van der Waals surface area (Å²) >= 11 is 5.87. The van der Waals surface area contributed by atoms with Crippen molar-refractivity contribution >= 4 is 17.6 Å². The van der Waals surface area contributed by atoms with Crippen LogP contribution < -0.4 is 5.32 Å². The van der Waals surface area contributed by atoms with Crippen LogP contribution in [-0.4, -0.2) is 24.5 Å². The molecule has 1 aromatic rings. The molecule has 92 valence electrons. The first-order valence-electron chi connectivity index (χ1n) is 5.09. The van der Waals surface area contributed by atoms with Crippen LogP contribution in [0.4, 0.5) is 9.18 Å².